The van der Waals surface area contributed by atoms with Crippen molar-refractivity contribution in [3.05, 3.63) is 64.2 Å². The van der Waals surface area contributed by atoms with Crippen molar-refractivity contribution in [1.29, 1.82) is 0 Å². The fraction of sp³-hybridized carbons (Fsp3) is 0.350. The molecule has 1 amide bonds. The largest absolute Gasteiger partial charge is 0.339 e. The Bertz CT molecular complexity index is 786. The molecule has 0 aliphatic heterocycles. The molecule has 0 spiro atoms. The molecular weight excluding hydrogens is 344 g/mol. The van der Waals surface area contributed by atoms with Crippen LogP contribution < -0.4 is 0 Å². The van der Waals surface area contributed by atoms with Crippen LogP contribution in [0.3, 0.4) is 0 Å². The third-order valence-corrected chi connectivity index (χ3v) is 4.02. The maximum atomic E-state index is 12.6. The molecule has 2 aromatic carbocycles. The van der Waals surface area contributed by atoms with Crippen molar-refractivity contribution >= 4 is 23.0 Å². The molecule has 0 heterocycles. The SMILES string of the molecule is CCCCN(CCC)C(=O)c1ccc(N=Nc2ccc([N+](=O)[O-])cc2)cc1. The molecule has 0 aromatic heterocycles. The summed E-state index contributed by atoms with van der Waals surface area (Å²) < 4.78 is 0. The van der Waals surface area contributed by atoms with Gasteiger partial charge in [0.2, 0.25) is 0 Å². The lowest BCUT2D eigenvalue weighted by Crippen LogP contribution is -2.32. The van der Waals surface area contributed by atoms with Crippen LogP contribution in [0.5, 0.6) is 0 Å². The predicted octanol–water partition coefficient (Wildman–Crippen LogP) is 5.66. The van der Waals surface area contributed by atoms with Crippen molar-refractivity contribution in [2.45, 2.75) is 33.1 Å². The highest BCUT2D eigenvalue weighted by molar-refractivity contribution is 5.94. The molecule has 0 atom stereocenters. The van der Waals surface area contributed by atoms with E-state index in [0.717, 1.165) is 32.4 Å². The molecule has 0 radical (unpaired) electrons. The first kappa shape index (κ1) is 20.2. The Morgan fingerprint density at radius 3 is 1.96 bits per heavy atom. The molecule has 0 bridgehead atoms. The molecule has 7 heteroatoms. The molecule has 0 saturated carbocycles. The number of nitrogens with zero attached hydrogens (tertiary/aromatic N) is 4. The van der Waals surface area contributed by atoms with Crippen LogP contribution in [0.2, 0.25) is 0 Å². The van der Waals surface area contributed by atoms with Crippen molar-refractivity contribution < 1.29 is 9.72 Å². The second-order valence-corrected chi connectivity index (χ2v) is 6.17. The Morgan fingerprint density at radius 2 is 1.48 bits per heavy atom. The number of non-ortho nitro benzene ring substituents is 1. The Hall–Kier alpha value is -3.09. The van der Waals surface area contributed by atoms with Gasteiger partial charge in [0.1, 0.15) is 0 Å². The summed E-state index contributed by atoms with van der Waals surface area (Å²) in [6, 6.07) is 12.8. The molecule has 0 aliphatic rings. The maximum absolute atomic E-state index is 12.6. The number of hydrogen-bond donors (Lipinski definition) is 0. The maximum Gasteiger partial charge on any atom is 0.269 e. The van der Waals surface area contributed by atoms with Gasteiger partial charge in [0.25, 0.3) is 11.6 Å². The molecule has 0 saturated heterocycles. The predicted molar refractivity (Wildman–Crippen MR) is 105 cm³/mol. The Labute approximate surface area is 158 Å². The number of nitro benzene ring substituents is 1. The summed E-state index contributed by atoms with van der Waals surface area (Å²) in [6.07, 6.45) is 2.97. The highest BCUT2D eigenvalue weighted by Gasteiger charge is 2.14. The van der Waals surface area contributed by atoms with Gasteiger partial charge >= 0.3 is 0 Å². The van der Waals surface area contributed by atoms with Gasteiger partial charge in [-0.25, -0.2) is 0 Å². The number of benzene rings is 2. The van der Waals surface area contributed by atoms with Crippen LogP contribution in [0.4, 0.5) is 17.1 Å². The van der Waals surface area contributed by atoms with Gasteiger partial charge in [-0.1, -0.05) is 20.3 Å². The fourth-order valence-electron chi connectivity index (χ4n) is 2.54. The average molecular weight is 368 g/mol. The number of azo groups is 1. The number of hydrogen-bond acceptors (Lipinski definition) is 5. The summed E-state index contributed by atoms with van der Waals surface area (Å²) in [6.45, 7) is 5.69. The molecule has 7 nitrogen and oxygen atoms in total. The summed E-state index contributed by atoms with van der Waals surface area (Å²) in [5.74, 6) is 0.0316. The Kier molecular flexibility index (Phi) is 7.61. The summed E-state index contributed by atoms with van der Waals surface area (Å²) in [5, 5.41) is 18.8. The standard InChI is InChI=1S/C20H24N4O3/c1-3-5-15-23(14-4-2)20(25)16-6-8-17(9-7-16)21-22-18-10-12-19(13-11-18)24(26)27/h6-13H,3-5,14-15H2,1-2H3. The number of amides is 1. The van der Waals surface area contributed by atoms with E-state index < -0.39 is 4.92 Å². The van der Waals surface area contributed by atoms with Crippen molar-refractivity contribution in [1.82, 2.24) is 4.90 Å². The van der Waals surface area contributed by atoms with Crippen LogP contribution in [0.15, 0.2) is 58.8 Å². The van der Waals surface area contributed by atoms with Gasteiger partial charge in [-0.2, -0.15) is 10.2 Å². The Morgan fingerprint density at radius 1 is 0.926 bits per heavy atom. The minimum absolute atomic E-state index is 0.0107. The third-order valence-electron chi connectivity index (χ3n) is 4.02. The first-order chi connectivity index (χ1) is 13.0. The minimum Gasteiger partial charge on any atom is -0.339 e. The highest BCUT2D eigenvalue weighted by atomic mass is 16.6. The summed E-state index contributed by atoms with van der Waals surface area (Å²) in [7, 11) is 0. The second-order valence-electron chi connectivity index (χ2n) is 6.17. The normalized spacial score (nSPS) is 10.9. The molecule has 142 valence electrons. The molecule has 2 rings (SSSR count). The van der Waals surface area contributed by atoms with Crippen molar-refractivity contribution in [3.8, 4) is 0 Å². The van der Waals surface area contributed by atoms with E-state index in [1.807, 2.05) is 4.90 Å². The van der Waals surface area contributed by atoms with E-state index in [2.05, 4.69) is 24.1 Å². The summed E-state index contributed by atoms with van der Waals surface area (Å²) >= 11 is 0. The van der Waals surface area contributed by atoms with Crippen molar-refractivity contribution in [3.63, 3.8) is 0 Å². The smallest absolute Gasteiger partial charge is 0.269 e. The zero-order valence-electron chi connectivity index (χ0n) is 15.7. The molecule has 27 heavy (non-hydrogen) atoms. The van der Waals surface area contributed by atoms with Crippen LogP contribution in [0.1, 0.15) is 43.5 Å². The van der Waals surface area contributed by atoms with E-state index in [1.165, 1.54) is 24.3 Å². The van der Waals surface area contributed by atoms with Crippen LogP contribution in [-0.4, -0.2) is 28.8 Å². The van der Waals surface area contributed by atoms with Crippen molar-refractivity contribution in [2.75, 3.05) is 13.1 Å². The van der Waals surface area contributed by atoms with Gasteiger partial charge in [-0.15, -0.1) is 0 Å². The lowest BCUT2D eigenvalue weighted by molar-refractivity contribution is -0.384. The summed E-state index contributed by atoms with van der Waals surface area (Å²) in [4.78, 5) is 24.7. The molecule has 0 aliphatic carbocycles. The topological polar surface area (TPSA) is 88.2 Å². The van der Waals surface area contributed by atoms with Crippen LogP contribution >= 0.6 is 0 Å². The lowest BCUT2D eigenvalue weighted by Gasteiger charge is -2.22. The van der Waals surface area contributed by atoms with Crippen LogP contribution in [0, 0.1) is 10.1 Å². The number of nitro groups is 1. The lowest BCUT2D eigenvalue weighted by atomic mass is 10.1. The van der Waals surface area contributed by atoms with E-state index in [-0.39, 0.29) is 11.6 Å². The van der Waals surface area contributed by atoms with Crippen molar-refractivity contribution in [2.24, 2.45) is 10.2 Å². The van der Waals surface area contributed by atoms with Gasteiger partial charge in [0, 0.05) is 30.8 Å². The van der Waals surface area contributed by atoms with E-state index in [9.17, 15) is 14.9 Å². The Balaban J connectivity index is 2.05. The quantitative estimate of drug-likeness (QED) is 0.325. The third kappa shape index (κ3) is 5.99. The molecule has 2 aromatic rings. The molecule has 0 N–H and O–H groups in total. The van der Waals surface area contributed by atoms with Crippen LogP contribution in [-0.2, 0) is 0 Å². The minimum atomic E-state index is -0.459. The van der Waals surface area contributed by atoms with Gasteiger partial charge in [-0.3, -0.25) is 14.9 Å². The van der Waals surface area contributed by atoms with Gasteiger partial charge in [0.05, 0.1) is 16.3 Å². The van der Waals surface area contributed by atoms with E-state index in [0.29, 0.717) is 16.9 Å². The highest BCUT2D eigenvalue weighted by Crippen LogP contribution is 2.21. The first-order valence-corrected chi connectivity index (χ1v) is 9.10. The zero-order chi connectivity index (χ0) is 19.6. The average Bonchev–Trinajstić information content (AvgIpc) is 2.69. The van der Waals surface area contributed by atoms with E-state index in [4.69, 9.17) is 0 Å². The monoisotopic (exact) mass is 368 g/mol. The number of carbonyl (C=O) groups is 1. The van der Waals surface area contributed by atoms with Crippen LogP contribution in [0.25, 0.3) is 0 Å². The van der Waals surface area contributed by atoms with Gasteiger partial charge in [-0.05, 0) is 49.2 Å². The number of carbonyl (C=O) groups excluding carboxylic acids is 1. The molecule has 0 unspecified atom stereocenters. The second kappa shape index (κ2) is 10.2. The summed E-state index contributed by atoms with van der Waals surface area (Å²) in [5.41, 5.74) is 1.78. The van der Waals surface area contributed by atoms with E-state index in [1.54, 1.807) is 24.3 Å². The number of unbranched alkanes of at least 4 members (excludes halogenated alkanes) is 1. The zero-order valence-corrected chi connectivity index (χ0v) is 15.7. The van der Waals surface area contributed by atoms with E-state index >= 15 is 0 Å². The number of rotatable bonds is 9. The first-order valence-electron chi connectivity index (χ1n) is 9.10. The van der Waals surface area contributed by atoms with Gasteiger partial charge in [0.15, 0.2) is 0 Å². The molecule has 0 fully saturated rings. The fourth-order valence-corrected chi connectivity index (χ4v) is 2.54. The van der Waals surface area contributed by atoms with Gasteiger partial charge < -0.3 is 4.90 Å². The molecular formula is C20H24N4O3.